The van der Waals surface area contributed by atoms with Crippen LogP contribution in [0.4, 0.5) is 5.69 Å². The maximum absolute atomic E-state index is 12.8. The second-order valence-electron chi connectivity index (χ2n) is 8.17. The van der Waals surface area contributed by atoms with Crippen molar-refractivity contribution in [3.63, 3.8) is 0 Å². The fraction of sp³-hybridized carbons (Fsp3) is 0.346. The number of carbonyl (C=O) groups excluding carboxylic acids is 1. The van der Waals surface area contributed by atoms with Crippen LogP contribution in [0.25, 0.3) is 10.8 Å². The van der Waals surface area contributed by atoms with E-state index >= 15 is 0 Å². The minimum absolute atomic E-state index is 0.0846. The first-order chi connectivity index (χ1) is 15.1. The standard InChI is InChI=1S/C26H31N3O2/c1-3-24(31-25-10-6-8-21-7-4-5-9-23(21)25)26(30)27-19-20-11-13-22(14-12-20)29-17-15-28(2)16-18-29/h4-14,24H,3,15-19H2,1-2H3,(H,27,30)/t24-/m0/s1. The van der Waals surface area contributed by atoms with Gasteiger partial charge in [0.15, 0.2) is 6.10 Å². The predicted octanol–water partition coefficient (Wildman–Crippen LogP) is 4.07. The highest BCUT2D eigenvalue weighted by Crippen LogP contribution is 2.26. The van der Waals surface area contributed by atoms with Gasteiger partial charge in [-0.05, 0) is 42.6 Å². The van der Waals surface area contributed by atoms with Crippen LogP contribution in [-0.2, 0) is 11.3 Å². The van der Waals surface area contributed by atoms with Gasteiger partial charge in [-0.2, -0.15) is 0 Å². The molecule has 0 radical (unpaired) electrons. The first-order valence-corrected chi connectivity index (χ1v) is 11.1. The Balaban J connectivity index is 1.35. The molecule has 0 unspecified atom stereocenters. The second kappa shape index (κ2) is 9.84. The molecule has 1 fully saturated rings. The number of benzene rings is 3. The molecular weight excluding hydrogens is 386 g/mol. The van der Waals surface area contributed by atoms with Crippen LogP contribution in [0.2, 0.25) is 0 Å². The van der Waals surface area contributed by atoms with Gasteiger partial charge in [-0.1, -0.05) is 55.5 Å². The molecule has 1 atom stereocenters. The SMILES string of the molecule is CC[C@H](Oc1cccc2ccccc12)C(=O)NCc1ccc(N2CCN(C)CC2)cc1. The Morgan fingerprint density at radius 3 is 2.42 bits per heavy atom. The van der Waals surface area contributed by atoms with Gasteiger partial charge >= 0.3 is 0 Å². The third kappa shape index (κ3) is 5.17. The van der Waals surface area contributed by atoms with Crippen molar-refractivity contribution in [1.82, 2.24) is 10.2 Å². The number of rotatable bonds is 7. The van der Waals surface area contributed by atoms with E-state index in [4.69, 9.17) is 4.74 Å². The normalized spacial score (nSPS) is 15.6. The lowest BCUT2D eigenvalue weighted by atomic mass is 10.1. The Bertz CT molecular complexity index is 1010. The van der Waals surface area contributed by atoms with E-state index in [2.05, 4.69) is 58.6 Å². The van der Waals surface area contributed by atoms with Gasteiger partial charge in [0.25, 0.3) is 5.91 Å². The van der Waals surface area contributed by atoms with Crippen LogP contribution in [-0.4, -0.2) is 50.1 Å². The molecule has 0 spiro atoms. The molecule has 1 amide bonds. The Hall–Kier alpha value is -3.05. The van der Waals surface area contributed by atoms with E-state index in [1.54, 1.807) is 0 Å². The molecule has 1 heterocycles. The molecule has 31 heavy (non-hydrogen) atoms. The number of ether oxygens (including phenoxy) is 1. The topological polar surface area (TPSA) is 44.8 Å². The van der Waals surface area contributed by atoms with Gasteiger partial charge in [0.1, 0.15) is 5.75 Å². The predicted molar refractivity (Wildman–Crippen MR) is 127 cm³/mol. The number of nitrogens with one attached hydrogen (secondary N) is 1. The van der Waals surface area contributed by atoms with Crippen LogP contribution in [0.5, 0.6) is 5.75 Å². The number of fused-ring (bicyclic) bond motifs is 1. The summed E-state index contributed by atoms with van der Waals surface area (Å²) in [4.78, 5) is 17.5. The van der Waals surface area contributed by atoms with Crippen molar-refractivity contribution in [2.75, 3.05) is 38.1 Å². The summed E-state index contributed by atoms with van der Waals surface area (Å²) in [5, 5.41) is 5.17. The number of piperazine rings is 1. The smallest absolute Gasteiger partial charge is 0.261 e. The Kier molecular flexibility index (Phi) is 6.73. The molecule has 1 saturated heterocycles. The van der Waals surface area contributed by atoms with Gasteiger partial charge in [0, 0.05) is 43.8 Å². The van der Waals surface area contributed by atoms with E-state index < -0.39 is 6.10 Å². The lowest BCUT2D eigenvalue weighted by molar-refractivity contribution is -0.128. The van der Waals surface area contributed by atoms with Crippen LogP contribution in [0.3, 0.4) is 0 Å². The monoisotopic (exact) mass is 417 g/mol. The number of nitrogens with zero attached hydrogens (tertiary/aromatic N) is 2. The Morgan fingerprint density at radius 1 is 0.968 bits per heavy atom. The molecule has 0 aliphatic carbocycles. The van der Waals surface area contributed by atoms with E-state index in [1.165, 1.54) is 5.69 Å². The Labute approximate surface area is 184 Å². The van der Waals surface area contributed by atoms with Crippen molar-refractivity contribution in [3.05, 3.63) is 72.3 Å². The first-order valence-electron chi connectivity index (χ1n) is 11.1. The van der Waals surface area contributed by atoms with Crippen molar-refractivity contribution in [3.8, 4) is 5.75 Å². The minimum Gasteiger partial charge on any atom is -0.480 e. The number of amides is 1. The fourth-order valence-electron chi connectivity index (χ4n) is 3.97. The van der Waals surface area contributed by atoms with Gasteiger partial charge in [-0.15, -0.1) is 0 Å². The van der Waals surface area contributed by atoms with Crippen LogP contribution in [0.15, 0.2) is 66.7 Å². The summed E-state index contributed by atoms with van der Waals surface area (Å²) in [7, 11) is 2.16. The molecule has 0 saturated carbocycles. The lowest BCUT2D eigenvalue weighted by Gasteiger charge is -2.34. The number of carbonyl (C=O) groups is 1. The molecule has 5 heteroatoms. The number of likely N-dealkylation sites (N-methyl/N-ethyl adjacent to an activating group) is 1. The summed E-state index contributed by atoms with van der Waals surface area (Å²) in [5.74, 6) is 0.662. The summed E-state index contributed by atoms with van der Waals surface area (Å²) in [5.41, 5.74) is 2.33. The zero-order chi connectivity index (χ0) is 21.6. The summed E-state index contributed by atoms with van der Waals surface area (Å²) >= 11 is 0. The Morgan fingerprint density at radius 2 is 1.68 bits per heavy atom. The molecule has 0 aromatic heterocycles. The third-order valence-electron chi connectivity index (χ3n) is 5.95. The molecule has 3 aromatic carbocycles. The van der Waals surface area contributed by atoms with Gasteiger partial charge in [0.2, 0.25) is 0 Å². The molecule has 3 aromatic rings. The quantitative estimate of drug-likeness (QED) is 0.630. The maximum atomic E-state index is 12.8. The molecular formula is C26H31N3O2. The highest BCUT2D eigenvalue weighted by atomic mass is 16.5. The van der Waals surface area contributed by atoms with Gasteiger partial charge in [-0.3, -0.25) is 4.79 Å². The van der Waals surface area contributed by atoms with E-state index in [-0.39, 0.29) is 5.91 Å². The van der Waals surface area contributed by atoms with E-state index in [0.29, 0.717) is 13.0 Å². The number of anilines is 1. The van der Waals surface area contributed by atoms with Crippen LogP contribution in [0, 0.1) is 0 Å². The fourth-order valence-corrected chi connectivity index (χ4v) is 3.97. The largest absolute Gasteiger partial charge is 0.480 e. The van der Waals surface area contributed by atoms with Crippen molar-refractivity contribution >= 4 is 22.4 Å². The first kappa shape index (κ1) is 21.2. The van der Waals surface area contributed by atoms with Crippen molar-refractivity contribution in [1.29, 1.82) is 0 Å². The third-order valence-corrected chi connectivity index (χ3v) is 5.95. The molecule has 162 valence electrons. The average molecular weight is 418 g/mol. The number of hydrogen-bond donors (Lipinski definition) is 1. The molecule has 4 rings (SSSR count). The highest BCUT2D eigenvalue weighted by Gasteiger charge is 2.19. The summed E-state index contributed by atoms with van der Waals surface area (Å²) in [6.45, 7) is 6.75. The number of hydrogen-bond acceptors (Lipinski definition) is 4. The lowest BCUT2D eigenvalue weighted by Crippen LogP contribution is -2.44. The van der Waals surface area contributed by atoms with Crippen molar-refractivity contribution < 1.29 is 9.53 Å². The zero-order valence-electron chi connectivity index (χ0n) is 18.4. The van der Waals surface area contributed by atoms with Gasteiger partial charge in [-0.25, -0.2) is 0 Å². The molecule has 1 aliphatic heterocycles. The van der Waals surface area contributed by atoms with Crippen LogP contribution >= 0.6 is 0 Å². The average Bonchev–Trinajstić information content (AvgIpc) is 2.82. The van der Waals surface area contributed by atoms with E-state index in [1.807, 2.05) is 37.3 Å². The van der Waals surface area contributed by atoms with Gasteiger partial charge < -0.3 is 19.9 Å². The minimum atomic E-state index is -0.518. The highest BCUT2D eigenvalue weighted by molar-refractivity contribution is 5.89. The van der Waals surface area contributed by atoms with Crippen LogP contribution < -0.4 is 15.0 Å². The van der Waals surface area contributed by atoms with Crippen molar-refractivity contribution in [2.24, 2.45) is 0 Å². The summed E-state index contributed by atoms with van der Waals surface area (Å²) < 4.78 is 6.11. The van der Waals surface area contributed by atoms with Crippen LogP contribution in [0.1, 0.15) is 18.9 Å². The summed E-state index contributed by atoms with van der Waals surface area (Å²) in [6.07, 6.45) is 0.0904. The summed E-state index contributed by atoms with van der Waals surface area (Å²) in [6, 6.07) is 22.5. The van der Waals surface area contributed by atoms with Crippen molar-refractivity contribution in [2.45, 2.75) is 26.0 Å². The molecule has 0 bridgehead atoms. The molecule has 1 aliphatic rings. The van der Waals surface area contributed by atoms with E-state index in [0.717, 1.165) is 48.3 Å². The maximum Gasteiger partial charge on any atom is 0.261 e. The molecule has 1 N–H and O–H groups in total. The van der Waals surface area contributed by atoms with E-state index in [9.17, 15) is 4.79 Å². The van der Waals surface area contributed by atoms with Gasteiger partial charge in [0.05, 0.1) is 0 Å². The molecule has 5 nitrogen and oxygen atoms in total. The second-order valence-corrected chi connectivity index (χ2v) is 8.17. The zero-order valence-corrected chi connectivity index (χ0v) is 18.4.